The van der Waals surface area contributed by atoms with Gasteiger partial charge in [-0.15, -0.1) is 0 Å². The highest BCUT2D eigenvalue weighted by atomic mass is 16.1. The second kappa shape index (κ2) is 6.00. The van der Waals surface area contributed by atoms with Gasteiger partial charge in [0.15, 0.2) is 0 Å². The molecule has 1 saturated heterocycles. The van der Waals surface area contributed by atoms with E-state index in [-0.39, 0.29) is 5.91 Å². The zero-order valence-corrected chi connectivity index (χ0v) is 11.2. The fraction of sp³-hybridized carbons (Fsp3) is 0.692. The Morgan fingerprint density at radius 1 is 1.56 bits per heavy atom. The number of carbonyl (C=O) groups excluding carboxylic acids is 1. The highest BCUT2D eigenvalue weighted by Crippen LogP contribution is 2.19. The molecule has 1 N–H and O–H groups in total. The van der Waals surface area contributed by atoms with Gasteiger partial charge in [0.25, 0.3) is 0 Å². The number of rotatable bonds is 5. The first-order valence-electron chi connectivity index (χ1n) is 6.60. The minimum Gasteiger partial charge on any atom is -0.359 e. The maximum atomic E-state index is 11.3. The molecule has 18 heavy (non-hydrogen) atoms. The van der Waals surface area contributed by atoms with E-state index in [0.29, 0.717) is 12.3 Å². The molecule has 0 bridgehead atoms. The second-order valence-electron chi connectivity index (χ2n) is 5.03. The summed E-state index contributed by atoms with van der Waals surface area (Å²) < 4.78 is 2.03. The molecule has 1 aromatic rings. The number of amides is 1. The van der Waals surface area contributed by atoms with Gasteiger partial charge < -0.3 is 10.2 Å². The molecular formula is C13H22N4O. The summed E-state index contributed by atoms with van der Waals surface area (Å²) in [5, 5.41) is 6.98. The maximum Gasteiger partial charge on any atom is 0.220 e. The molecule has 0 spiro atoms. The fourth-order valence-electron chi connectivity index (χ4n) is 2.52. The third-order valence-electron chi connectivity index (χ3n) is 3.68. The summed E-state index contributed by atoms with van der Waals surface area (Å²) in [4.78, 5) is 13.7. The molecule has 0 aromatic carbocycles. The van der Waals surface area contributed by atoms with Crippen molar-refractivity contribution in [2.75, 3.05) is 26.7 Å². The molecule has 0 radical (unpaired) electrons. The van der Waals surface area contributed by atoms with Crippen LogP contribution in [0.4, 0.5) is 0 Å². The van der Waals surface area contributed by atoms with E-state index in [0.717, 1.165) is 32.6 Å². The monoisotopic (exact) mass is 250 g/mol. The van der Waals surface area contributed by atoms with Gasteiger partial charge >= 0.3 is 0 Å². The van der Waals surface area contributed by atoms with E-state index in [1.165, 1.54) is 5.69 Å². The minimum atomic E-state index is 0.157. The molecule has 1 aliphatic heterocycles. The summed E-state index contributed by atoms with van der Waals surface area (Å²) in [5.74, 6) is 0.674. The zero-order valence-electron chi connectivity index (χ0n) is 11.2. The van der Waals surface area contributed by atoms with Crippen LogP contribution in [0.15, 0.2) is 12.3 Å². The maximum absolute atomic E-state index is 11.3. The smallest absolute Gasteiger partial charge is 0.220 e. The molecule has 1 amide bonds. The molecule has 0 saturated carbocycles. The van der Waals surface area contributed by atoms with Crippen molar-refractivity contribution in [3.8, 4) is 0 Å². The van der Waals surface area contributed by atoms with Crippen molar-refractivity contribution >= 4 is 5.91 Å². The Kier molecular flexibility index (Phi) is 4.36. The van der Waals surface area contributed by atoms with Gasteiger partial charge in [-0.05, 0) is 31.9 Å². The van der Waals surface area contributed by atoms with Crippen LogP contribution in [0.25, 0.3) is 0 Å². The number of likely N-dealkylation sites (tertiary alicyclic amines) is 1. The minimum absolute atomic E-state index is 0.157. The van der Waals surface area contributed by atoms with E-state index >= 15 is 0 Å². The topological polar surface area (TPSA) is 50.2 Å². The van der Waals surface area contributed by atoms with Gasteiger partial charge in [-0.25, -0.2) is 0 Å². The van der Waals surface area contributed by atoms with Crippen molar-refractivity contribution in [1.82, 2.24) is 20.0 Å². The number of hydrogen-bond acceptors (Lipinski definition) is 3. The van der Waals surface area contributed by atoms with Crippen LogP contribution in [0, 0.1) is 12.8 Å². The van der Waals surface area contributed by atoms with E-state index in [2.05, 4.69) is 22.2 Å². The Hall–Kier alpha value is -1.36. The van der Waals surface area contributed by atoms with E-state index in [1.54, 1.807) is 7.05 Å². The highest BCUT2D eigenvalue weighted by Gasteiger charge is 2.23. The molecule has 5 nitrogen and oxygen atoms in total. The largest absolute Gasteiger partial charge is 0.359 e. The predicted octanol–water partition coefficient (Wildman–Crippen LogP) is 0.650. The molecule has 1 fully saturated rings. The van der Waals surface area contributed by atoms with Crippen molar-refractivity contribution in [1.29, 1.82) is 0 Å². The van der Waals surface area contributed by atoms with E-state index in [9.17, 15) is 4.79 Å². The quantitative estimate of drug-likeness (QED) is 0.835. The summed E-state index contributed by atoms with van der Waals surface area (Å²) in [6.45, 7) is 6.17. The molecule has 0 aliphatic carbocycles. The molecule has 5 heteroatoms. The molecule has 2 heterocycles. The molecule has 1 aliphatic rings. The first-order valence-corrected chi connectivity index (χ1v) is 6.60. The zero-order chi connectivity index (χ0) is 13.0. The Labute approximate surface area is 108 Å². The Balaban J connectivity index is 1.73. The molecule has 1 unspecified atom stereocenters. The summed E-state index contributed by atoms with van der Waals surface area (Å²) in [6.07, 6.45) is 3.63. The molecule has 100 valence electrons. The van der Waals surface area contributed by atoms with Crippen molar-refractivity contribution in [2.24, 2.45) is 5.92 Å². The van der Waals surface area contributed by atoms with Gasteiger partial charge in [-0.3, -0.25) is 9.48 Å². The predicted molar refractivity (Wildman–Crippen MR) is 70.2 cm³/mol. The highest BCUT2D eigenvalue weighted by molar-refractivity contribution is 5.75. The van der Waals surface area contributed by atoms with Gasteiger partial charge in [0.05, 0.1) is 6.54 Å². The van der Waals surface area contributed by atoms with Gasteiger partial charge in [0.2, 0.25) is 5.91 Å². The summed E-state index contributed by atoms with van der Waals surface area (Å²) >= 11 is 0. The normalized spacial score (nSPS) is 20.2. The Morgan fingerprint density at radius 3 is 3.06 bits per heavy atom. The van der Waals surface area contributed by atoms with Crippen molar-refractivity contribution in [3.05, 3.63) is 18.0 Å². The lowest BCUT2D eigenvalue weighted by molar-refractivity contribution is -0.121. The first-order chi connectivity index (χ1) is 8.69. The molecule has 1 atom stereocenters. The number of nitrogens with zero attached hydrogens (tertiary/aromatic N) is 3. The van der Waals surface area contributed by atoms with Gasteiger partial charge in [0.1, 0.15) is 0 Å². The van der Waals surface area contributed by atoms with Gasteiger partial charge in [0, 0.05) is 38.4 Å². The third-order valence-corrected chi connectivity index (χ3v) is 3.68. The lowest BCUT2D eigenvalue weighted by Gasteiger charge is -2.16. The number of aryl methyl sites for hydroxylation is 1. The van der Waals surface area contributed by atoms with E-state index in [4.69, 9.17) is 0 Å². The third kappa shape index (κ3) is 3.32. The lowest BCUT2D eigenvalue weighted by Crippen LogP contribution is -2.27. The van der Waals surface area contributed by atoms with Crippen LogP contribution >= 0.6 is 0 Å². The number of carbonyl (C=O) groups is 1. The number of aromatic nitrogens is 2. The SMILES string of the molecule is CNC(=O)CC1CCN(CCn2nccc2C)C1. The van der Waals surface area contributed by atoms with Crippen LogP contribution < -0.4 is 5.32 Å². The number of hydrogen-bond donors (Lipinski definition) is 1. The molecule has 1 aromatic heterocycles. The van der Waals surface area contributed by atoms with Crippen LogP contribution in [0.3, 0.4) is 0 Å². The number of nitrogens with one attached hydrogen (secondary N) is 1. The lowest BCUT2D eigenvalue weighted by atomic mass is 10.1. The van der Waals surface area contributed by atoms with Crippen LogP contribution in [0.1, 0.15) is 18.5 Å². The van der Waals surface area contributed by atoms with Crippen molar-refractivity contribution in [2.45, 2.75) is 26.3 Å². The average molecular weight is 250 g/mol. The van der Waals surface area contributed by atoms with E-state index in [1.807, 2.05) is 16.9 Å². The van der Waals surface area contributed by atoms with Crippen LogP contribution in [-0.2, 0) is 11.3 Å². The van der Waals surface area contributed by atoms with Crippen molar-refractivity contribution < 1.29 is 4.79 Å². The Morgan fingerprint density at radius 2 is 2.39 bits per heavy atom. The summed E-state index contributed by atoms with van der Waals surface area (Å²) in [6, 6.07) is 2.03. The van der Waals surface area contributed by atoms with Gasteiger partial charge in [-0.1, -0.05) is 0 Å². The van der Waals surface area contributed by atoms with E-state index < -0.39 is 0 Å². The standard InChI is InChI=1S/C13H22N4O/c1-11-3-5-15-17(11)8-7-16-6-4-12(10-16)9-13(18)14-2/h3,5,12H,4,6-10H2,1-2H3,(H,14,18). The van der Waals surface area contributed by atoms with Crippen LogP contribution in [0.2, 0.25) is 0 Å². The van der Waals surface area contributed by atoms with Crippen LogP contribution in [0.5, 0.6) is 0 Å². The average Bonchev–Trinajstić information content (AvgIpc) is 2.96. The van der Waals surface area contributed by atoms with Crippen LogP contribution in [-0.4, -0.2) is 47.3 Å². The first kappa shape index (κ1) is 13.1. The molecular weight excluding hydrogens is 228 g/mol. The Bertz CT molecular complexity index is 401. The molecule has 2 rings (SSSR count). The van der Waals surface area contributed by atoms with Gasteiger partial charge in [-0.2, -0.15) is 5.10 Å². The van der Waals surface area contributed by atoms with Crippen molar-refractivity contribution in [3.63, 3.8) is 0 Å². The second-order valence-corrected chi connectivity index (χ2v) is 5.03. The summed E-state index contributed by atoms with van der Waals surface area (Å²) in [5.41, 5.74) is 1.20. The summed E-state index contributed by atoms with van der Waals surface area (Å²) in [7, 11) is 1.70. The fourth-order valence-corrected chi connectivity index (χ4v) is 2.52.